The first-order valence-corrected chi connectivity index (χ1v) is 6.42. The molecule has 0 saturated carbocycles. The van der Waals surface area contributed by atoms with E-state index in [0.29, 0.717) is 0 Å². The molecule has 0 saturated heterocycles. The summed E-state index contributed by atoms with van der Waals surface area (Å²) in [6.07, 6.45) is -0.341. The molecule has 0 fully saturated rings. The maximum absolute atomic E-state index is 9.49. The monoisotopic (exact) mass is 290 g/mol. The minimum absolute atomic E-state index is 0. The van der Waals surface area contributed by atoms with Crippen LogP contribution in [0.2, 0.25) is 0 Å². The third-order valence-corrected chi connectivity index (χ3v) is 2.76. The summed E-state index contributed by atoms with van der Waals surface area (Å²) in [5.74, 6) is 0. The Morgan fingerprint density at radius 2 is 1.19 bits per heavy atom. The molecule has 0 spiro atoms. The smallest absolute Gasteiger partial charge is 0.0840 e. The van der Waals surface area contributed by atoms with Crippen molar-refractivity contribution < 1.29 is 10.2 Å². The van der Waals surface area contributed by atoms with E-state index in [2.05, 4.69) is 0 Å². The zero-order chi connectivity index (χ0) is 14.3. The van der Waals surface area contributed by atoms with Crippen molar-refractivity contribution in [3.63, 3.8) is 0 Å². The summed E-state index contributed by atoms with van der Waals surface area (Å²) in [4.78, 5) is 0. The Balaban J connectivity index is 0. The number of hydrogen-bond donors (Lipinski definition) is 2. The van der Waals surface area contributed by atoms with Gasteiger partial charge in [0.25, 0.3) is 0 Å². The van der Waals surface area contributed by atoms with E-state index in [1.807, 2.05) is 60.7 Å². The van der Waals surface area contributed by atoms with Crippen LogP contribution in [0.3, 0.4) is 0 Å². The fraction of sp³-hybridized carbons (Fsp3) is 0.368. The molecule has 2 aromatic carbocycles. The van der Waals surface area contributed by atoms with Crippen molar-refractivity contribution in [3.05, 3.63) is 71.8 Å². The van der Waals surface area contributed by atoms with Gasteiger partial charge in [0, 0.05) is 0 Å². The molecule has 2 nitrogen and oxygen atoms in total. The van der Waals surface area contributed by atoms with Gasteiger partial charge in [-0.2, -0.15) is 0 Å². The van der Waals surface area contributed by atoms with Gasteiger partial charge in [-0.25, -0.2) is 0 Å². The number of rotatable bonds is 2. The summed E-state index contributed by atoms with van der Waals surface area (Å²) >= 11 is 0. The fourth-order valence-corrected chi connectivity index (χ4v) is 1.58. The van der Waals surface area contributed by atoms with Crippen LogP contribution in [-0.2, 0) is 5.60 Å². The van der Waals surface area contributed by atoms with Gasteiger partial charge in [-0.05, 0) is 31.9 Å². The van der Waals surface area contributed by atoms with E-state index in [9.17, 15) is 5.11 Å². The molecule has 21 heavy (non-hydrogen) atoms. The normalized spacial score (nSPS) is 11.1. The fourth-order valence-electron chi connectivity index (χ4n) is 1.58. The van der Waals surface area contributed by atoms with Gasteiger partial charge >= 0.3 is 0 Å². The van der Waals surface area contributed by atoms with Gasteiger partial charge in [0.15, 0.2) is 0 Å². The van der Waals surface area contributed by atoms with Crippen LogP contribution < -0.4 is 0 Å². The molecule has 0 aromatic heterocycles. The number of benzene rings is 2. The second-order valence-electron chi connectivity index (χ2n) is 5.01. The van der Waals surface area contributed by atoms with Crippen LogP contribution >= 0.6 is 0 Å². The van der Waals surface area contributed by atoms with Crippen LogP contribution in [0.4, 0.5) is 0 Å². The molecule has 2 aromatic rings. The zero-order valence-electron chi connectivity index (χ0n) is 11.7. The lowest BCUT2D eigenvalue weighted by molar-refractivity contribution is 0.0786. The predicted molar refractivity (Wildman–Crippen MR) is 92.2 cm³/mol. The third-order valence-electron chi connectivity index (χ3n) is 2.76. The molecule has 2 N–H and O–H groups in total. The molecular formula is C19H30O2. The molecule has 2 rings (SSSR count). The largest absolute Gasteiger partial charge is 0.389 e. The van der Waals surface area contributed by atoms with E-state index in [4.69, 9.17) is 5.11 Å². The Bertz CT molecular complexity index is 456. The first kappa shape index (κ1) is 21.7. The van der Waals surface area contributed by atoms with Crippen LogP contribution in [0.25, 0.3) is 0 Å². The van der Waals surface area contributed by atoms with Crippen molar-refractivity contribution in [3.8, 4) is 0 Å². The quantitative estimate of drug-likeness (QED) is 0.823. The highest BCUT2D eigenvalue weighted by Gasteiger charge is 2.13. The van der Waals surface area contributed by atoms with Crippen LogP contribution in [0, 0.1) is 0 Å². The molecule has 1 atom stereocenters. The zero-order valence-corrected chi connectivity index (χ0v) is 11.7. The highest BCUT2D eigenvalue weighted by atomic mass is 16.3. The molecule has 0 bridgehead atoms. The highest BCUT2D eigenvalue weighted by Crippen LogP contribution is 2.17. The van der Waals surface area contributed by atoms with Gasteiger partial charge in [-0.3, -0.25) is 0 Å². The Kier molecular flexibility index (Phi) is 10.5. The van der Waals surface area contributed by atoms with E-state index in [1.165, 1.54) is 0 Å². The summed E-state index contributed by atoms with van der Waals surface area (Å²) in [5, 5.41) is 18.5. The van der Waals surface area contributed by atoms with Crippen molar-refractivity contribution in [2.45, 2.75) is 47.3 Å². The van der Waals surface area contributed by atoms with Crippen molar-refractivity contribution in [1.29, 1.82) is 0 Å². The maximum atomic E-state index is 9.49. The standard InChI is InChI=1S/C9H12O.C8H10O.2CH4/c1-9(2,10)8-6-4-3-5-7-8;1-7(9)8-5-3-2-4-6-8;;/h3-7,10H,1-2H3;2-7,9H,1H3;2*1H4. The maximum Gasteiger partial charge on any atom is 0.0840 e. The molecule has 0 radical (unpaired) electrons. The van der Waals surface area contributed by atoms with Gasteiger partial charge in [0.1, 0.15) is 0 Å². The molecule has 0 amide bonds. The first-order valence-electron chi connectivity index (χ1n) is 6.42. The Morgan fingerprint density at radius 1 is 0.810 bits per heavy atom. The summed E-state index contributed by atoms with van der Waals surface area (Å²) in [6, 6.07) is 19.2. The summed E-state index contributed by atoms with van der Waals surface area (Å²) in [6.45, 7) is 5.32. The summed E-state index contributed by atoms with van der Waals surface area (Å²) < 4.78 is 0. The average Bonchev–Trinajstić information content (AvgIpc) is 2.40. The van der Waals surface area contributed by atoms with Gasteiger partial charge in [0.2, 0.25) is 0 Å². The van der Waals surface area contributed by atoms with E-state index in [1.54, 1.807) is 20.8 Å². The molecule has 1 unspecified atom stereocenters. The lowest BCUT2D eigenvalue weighted by Crippen LogP contribution is -2.14. The van der Waals surface area contributed by atoms with E-state index in [-0.39, 0.29) is 21.0 Å². The van der Waals surface area contributed by atoms with Gasteiger partial charge in [-0.15, -0.1) is 0 Å². The van der Waals surface area contributed by atoms with Crippen LogP contribution in [-0.4, -0.2) is 10.2 Å². The number of aliphatic hydroxyl groups is 2. The van der Waals surface area contributed by atoms with E-state index >= 15 is 0 Å². The second-order valence-corrected chi connectivity index (χ2v) is 5.01. The van der Waals surface area contributed by atoms with Gasteiger partial charge < -0.3 is 10.2 Å². The van der Waals surface area contributed by atoms with Crippen molar-refractivity contribution in [2.75, 3.05) is 0 Å². The Hall–Kier alpha value is -1.64. The molecule has 118 valence electrons. The SMILES string of the molecule is C.C.CC(C)(O)c1ccccc1.CC(O)c1ccccc1. The van der Waals surface area contributed by atoms with Crippen molar-refractivity contribution in [1.82, 2.24) is 0 Å². The van der Waals surface area contributed by atoms with E-state index < -0.39 is 5.60 Å². The minimum Gasteiger partial charge on any atom is -0.389 e. The highest BCUT2D eigenvalue weighted by molar-refractivity contribution is 5.20. The molecule has 0 aliphatic heterocycles. The molecule has 0 heterocycles. The van der Waals surface area contributed by atoms with Crippen LogP contribution in [0.1, 0.15) is 52.9 Å². The third kappa shape index (κ3) is 8.28. The second kappa shape index (κ2) is 10.1. The lowest BCUT2D eigenvalue weighted by Gasteiger charge is -2.16. The van der Waals surface area contributed by atoms with Crippen molar-refractivity contribution >= 4 is 0 Å². The summed E-state index contributed by atoms with van der Waals surface area (Å²) in [7, 11) is 0. The Labute approximate surface area is 130 Å². The van der Waals surface area contributed by atoms with Crippen molar-refractivity contribution in [2.24, 2.45) is 0 Å². The van der Waals surface area contributed by atoms with Gasteiger partial charge in [0.05, 0.1) is 11.7 Å². The number of aliphatic hydroxyl groups excluding tert-OH is 1. The molecule has 0 aliphatic carbocycles. The molecule has 0 aliphatic rings. The average molecular weight is 290 g/mol. The Morgan fingerprint density at radius 3 is 1.43 bits per heavy atom. The molecule has 2 heteroatoms. The van der Waals surface area contributed by atoms with Crippen LogP contribution in [0.5, 0.6) is 0 Å². The first-order chi connectivity index (χ1) is 8.91. The number of hydrogen-bond acceptors (Lipinski definition) is 2. The minimum atomic E-state index is -0.707. The lowest BCUT2D eigenvalue weighted by atomic mass is 9.99. The van der Waals surface area contributed by atoms with E-state index in [0.717, 1.165) is 11.1 Å². The summed E-state index contributed by atoms with van der Waals surface area (Å²) in [5.41, 5.74) is 1.22. The molecular weight excluding hydrogens is 260 g/mol. The van der Waals surface area contributed by atoms with Gasteiger partial charge in [-0.1, -0.05) is 75.5 Å². The predicted octanol–water partition coefficient (Wildman–Crippen LogP) is 4.93. The van der Waals surface area contributed by atoms with Crippen LogP contribution in [0.15, 0.2) is 60.7 Å². The topological polar surface area (TPSA) is 40.5 Å².